The molecule has 1 heterocycles. The van der Waals surface area contributed by atoms with Crippen LogP contribution >= 0.6 is 0 Å². The van der Waals surface area contributed by atoms with Gasteiger partial charge in [-0.25, -0.2) is 9.59 Å². The van der Waals surface area contributed by atoms with Crippen LogP contribution in [0, 0.1) is 10.1 Å². The Labute approximate surface area is 170 Å². The van der Waals surface area contributed by atoms with E-state index in [0.717, 1.165) is 38.5 Å². The average Bonchev–Trinajstić information content (AvgIpc) is 2.67. The highest BCUT2D eigenvalue weighted by Crippen LogP contribution is 2.32. The Bertz CT molecular complexity index is 810. The second kappa shape index (κ2) is 9.07. The van der Waals surface area contributed by atoms with Crippen LogP contribution in [0.3, 0.4) is 0 Å². The molecule has 1 aromatic rings. The maximum atomic E-state index is 13.1. The third-order valence-corrected chi connectivity index (χ3v) is 5.74. The molecule has 8 nitrogen and oxygen atoms in total. The Morgan fingerprint density at radius 3 is 2.31 bits per heavy atom. The number of rotatable bonds is 4. The molecule has 0 saturated heterocycles. The summed E-state index contributed by atoms with van der Waals surface area (Å²) in [6.45, 7) is 1.71. The molecule has 1 fully saturated rings. The molecule has 1 aliphatic carbocycles. The molecule has 3 rings (SSSR count). The SMILES string of the molecule is CC1=C(C(=O)OC2CCCCCCC2)[C@@H](c2ccc([N+](=O)[O-])cc2)NC(=O)N1C. The van der Waals surface area contributed by atoms with Crippen LogP contribution in [0.1, 0.15) is 63.5 Å². The number of nitrogens with zero attached hydrogens (tertiary/aromatic N) is 2. The van der Waals surface area contributed by atoms with Crippen LogP contribution in [0.4, 0.5) is 10.5 Å². The summed E-state index contributed by atoms with van der Waals surface area (Å²) in [5.41, 5.74) is 1.43. The highest BCUT2D eigenvalue weighted by molar-refractivity contribution is 5.95. The van der Waals surface area contributed by atoms with Gasteiger partial charge in [0.05, 0.1) is 16.5 Å². The molecule has 1 atom stereocenters. The molecule has 2 amide bonds. The molecule has 1 aliphatic heterocycles. The van der Waals surface area contributed by atoms with Gasteiger partial charge in [0.25, 0.3) is 5.69 Å². The monoisotopic (exact) mass is 401 g/mol. The highest BCUT2D eigenvalue weighted by atomic mass is 16.6. The van der Waals surface area contributed by atoms with Crippen molar-refractivity contribution < 1.29 is 19.2 Å². The first-order chi connectivity index (χ1) is 13.9. The summed E-state index contributed by atoms with van der Waals surface area (Å²) in [6.07, 6.45) is 7.19. The topological polar surface area (TPSA) is 102 Å². The van der Waals surface area contributed by atoms with Gasteiger partial charge in [-0.05, 0) is 50.3 Å². The smallest absolute Gasteiger partial charge is 0.338 e. The van der Waals surface area contributed by atoms with Crippen LogP contribution in [0.15, 0.2) is 35.5 Å². The minimum Gasteiger partial charge on any atom is -0.459 e. The molecule has 1 N–H and O–H groups in total. The van der Waals surface area contributed by atoms with Crippen molar-refractivity contribution in [3.05, 3.63) is 51.2 Å². The number of carbonyl (C=O) groups excluding carboxylic acids is 2. The number of hydrogen-bond acceptors (Lipinski definition) is 5. The zero-order valence-electron chi connectivity index (χ0n) is 16.8. The van der Waals surface area contributed by atoms with Crippen molar-refractivity contribution in [2.24, 2.45) is 0 Å². The van der Waals surface area contributed by atoms with Crippen molar-refractivity contribution in [2.45, 2.75) is 64.0 Å². The number of nitrogens with one attached hydrogen (secondary N) is 1. The predicted molar refractivity (Wildman–Crippen MR) is 107 cm³/mol. The van der Waals surface area contributed by atoms with E-state index in [2.05, 4.69) is 5.32 Å². The standard InChI is InChI=1S/C21H27N3O5/c1-14-18(20(25)29-17-8-6-4-3-5-7-9-17)19(22-21(26)23(14)2)15-10-12-16(13-11-15)24(27)28/h10-13,17,19H,3-9H2,1-2H3,(H,22,26)/t19-/m1/s1. The van der Waals surface area contributed by atoms with Crippen LogP contribution in [-0.4, -0.2) is 35.0 Å². The Hall–Kier alpha value is -2.90. The normalized spacial score (nSPS) is 21.2. The van der Waals surface area contributed by atoms with Gasteiger partial charge in [-0.1, -0.05) is 19.3 Å². The van der Waals surface area contributed by atoms with E-state index in [1.807, 2.05) is 0 Å². The van der Waals surface area contributed by atoms with E-state index in [1.54, 1.807) is 26.1 Å². The first-order valence-corrected chi connectivity index (χ1v) is 10.1. The van der Waals surface area contributed by atoms with Crippen molar-refractivity contribution in [1.82, 2.24) is 10.2 Å². The van der Waals surface area contributed by atoms with Crippen LogP contribution < -0.4 is 5.32 Å². The van der Waals surface area contributed by atoms with E-state index in [-0.39, 0.29) is 17.8 Å². The first kappa shape index (κ1) is 20.8. The summed E-state index contributed by atoms with van der Waals surface area (Å²) in [5, 5.41) is 13.7. The van der Waals surface area contributed by atoms with Crippen LogP contribution in [0.5, 0.6) is 0 Å². The number of non-ortho nitro benzene ring substituents is 1. The lowest BCUT2D eigenvalue weighted by Gasteiger charge is -2.34. The molecule has 156 valence electrons. The Kier molecular flexibility index (Phi) is 6.51. The summed E-state index contributed by atoms with van der Waals surface area (Å²) in [7, 11) is 1.60. The van der Waals surface area contributed by atoms with Gasteiger partial charge in [0.1, 0.15) is 6.10 Å². The van der Waals surface area contributed by atoms with E-state index in [0.29, 0.717) is 16.8 Å². The van der Waals surface area contributed by atoms with E-state index in [4.69, 9.17) is 4.74 Å². The molecule has 0 unspecified atom stereocenters. The molecule has 0 bridgehead atoms. The van der Waals surface area contributed by atoms with Gasteiger partial charge >= 0.3 is 12.0 Å². The van der Waals surface area contributed by atoms with Gasteiger partial charge in [0.15, 0.2) is 0 Å². The summed E-state index contributed by atoms with van der Waals surface area (Å²) < 4.78 is 5.85. The maximum absolute atomic E-state index is 13.1. The quantitative estimate of drug-likeness (QED) is 0.462. The lowest BCUT2D eigenvalue weighted by Crippen LogP contribution is -2.46. The van der Waals surface area contributed by atoms with Crippen LogP contribution in [-0.2, 0) is 9.53 Å². The fourth-order valence-electron chi connectivity index (χ4n) is 3.89. The average molecular weight is 401 g/mol. The zero-order chi connectivity index (χ0) is 21.0. The minimum atomic E-state index is -0.708. The lowest BCUT2D eigenvalue weighted by molar-refractivity contribution is -0.384. The molecule has 0 aromatic heterocycles. The van der Waals surface area contributed by atoms with Gasteiger partial charge < -0.3 is 15.0 Å². The summed E-state index contributed by atoms with van der Waals surface area (Å²) in [5.74, 6) is -0.441. The summed E-state index contributed by atoms with van der Waals surface area (Å²) in [6, 6.07) is 4.81. The first-order valence-electron chi connectivity index (χ1n) is 10.1. The third-order valence-electron chi connectivity index (χ3n) is 5.74. The molecule has 0 spiro atoms. The number of amides is 2. The molecule has 1 aromatic carbocycles. The van der Waals surface area contributed by atoms with Crippen molar-refractivity contribution >= 4 is 17.7 Å². The Morgan fingerprint density at radius 2 is 1.72 bits per heavy atom. The number of benzene rings is 1. The molecular weight excluding hydrogens is 374 g/mol. The Balaban J connectivity index is 1.87. The molecule has 2 aliphatic rings. The largest absolute Gasteiger partial charge is 0.459 e. The van der Waals surface area contributed by atoms with Crippen molar-refractivity contribution in [3.8, 4) is 0 Å². The highest BCUT2D eigenvalue weighted by Gasteiger charge is 2.36. The van der Waals surface area contributed by atoms with E-state index in [9.17, 15) is 19.7 Å². The number of esters is 1. The van der Waals surface area contributed by atoms with E-state index < -0.39 is 16.9 Å². The van der Waals surface area contributed by atoms with Gasteiger partial charge in [-0.3, -0.25) is 10.1 Å². The van der Waals surface area contributed by atoms with Gasteiger partial charge in [-0.2, -0.15) is 0 Å². The molecule has 1 saturated carbocycles. The molecule has 29 heavy (non-hydrogen) atoms. The Morgan fingerprint density at radius 1 is 1.14 bits per heavy atom. The van der Waals surface area contributed by atoms with Crippen molar-refractivity contribution in [2.75, 3.05) is 7.05 Å². The molecule has 0 radical (unpaired) electrons. The fourth-order valence-corrected chi connectivity index (χ4v) is 3.89. The van der Waals surface area contributed by atoms with E-state index >= 15 is 0 Å². The number of nitro groups is 1. The number of urea groups is 1. The van der Waals surface area contributed by atoms with Gasteiger partial charge in [0, 0.05) is 24.9 Å². The summed E-state index contributed by atoms with van der Waals surface area (Å²) in [4.78, 5) is 37.3. The van der Waals surface area contributed by atoms with Crippen molar-refractivity contribution in [1.29, 1.82) is 0 Å². The predicted octanol–water partition coefficient (Wildman–Crippen LogP) is 4.22. The van der Waals surface area contributed by atoms with Crippen molar-refractivity contribution in [3.63, 3.8) is 0 Å². The number of ether oxygens (including phenoxy) is 1. The number of hydrogen-bond donors (Lipinski definition) is 1. The minimum absolute atomic E-state index is 0.0487. The molecular formula is C21H27N3O5. The summed E-state index contributed by atoms with van der Waals surface area (Å²) >= 11 is 0. The zero-order valence-corrected chi connectivity index (χ0v) is 16.8. The number of nitro benzene ring substituents is 1. The molecule has 8 heteroatoms. The second-order valence-corrected chi connectivity index (χ2v) is 7.66. The fraction of sp³-hybridized carbons (Fsp3) is 0.524. The third kappa shape index (κ3) is 4.75. The number of allylic oxidation sites excluding steroid dienone is 1. The van der Waals surface area contributed by atoms with Crippen LogP contribution in [0.2, 0.25) is 0 Å². The second-order valence-electron chi connectivity index (χ2n) is 7.66. The van der Waals surface area contributed by atoms with Gasteiger partial charge in [-0.15, -0.1) is 0 Å². The van der Waals surface area contributed by atoms with Gasteiger partial charge in [0.2, 0.25) is 0 Å². The maximum Gasteiger partial charge on any atom is 0.338 e. The lowest BCUT2D eigenvalue weighted by atomic mass is 9.94. The van der Waals surface area contributed by atoms with E-state index in [1.165, 1.54) is 23.5 Å². The van der Waals surface area contributed by atoms with Crippen LogP contribution in [0.25, 0.3) is 0 Å². The number of carbonyl (C=O) groups is 2.